The summed E-state index contributed by atoms with van der Waals surface area (Å²) in [7, 11) is 1.52. The van der Waals surface area contributed by atoms with Crippen LogP contribution < -0.4 is 0 Å². The van der Waals surface area contributed by atoms with E-state index in [1.807, 2.05) is 13.8 Å². The Kier molecular flexibility index (Phi) is 2.38. The van der Waals surface area contributed by atoms with Crippen molar-refractivity contribution < 1.29 is 13.2 Å². The van der Waals surface area contributed by atoms with Crippen molar-refractivity contribution in [3.05, 3.63) is 0 Å². The first kappa shape index (κ1) is 9.84. The molecule has 1 unspecified atom stereocenters. The molecule has 0 N–H and O–H groups in total. The molecule has 1 saturated heterocycles. The van der Waals surface area contributed by atoms with E-state index in [1.165, 1.54) is 11.9 Å². The number of nitrogens with zero attached hydrogens (tertiary/aromatic N) is 1. The lowest BCUT2D eigenvalue weighted by Crippen LogP contribution is -2.62. The van der Waals surface area contributed by atoms with Gasteiger partial charge in [0, 0.05) is 6.54 Å². The van der Waals surface area contributed by atoms with Gasteiger partial charge in [-0.15, -0.1) is 0 Å². The fourth-order valence-electron chi connectivity index (χ4n) is 1.80. The first-order valence-corrected chi connectivity index (χ1v) is 4.11. The van der Waals surface area contributed by atoms with E-state index in [0.717, 1.165) is 0 Å². The van der Waals surface area contributed by atoms with Gasteiger partial charge in [0.2, 0.25) is 0 Å². The van der Waals surface area contributed by atoms with Crippen molar-refractivity contribution in [3.8, 4) is 0 Å². The van der Waals surface area contributed by atoms with Crippen LogP contribution in [0.1, 0.15) is 13.8 Å². The van der Waals surface area contributed by atoms with Crippen molar-refractivity contribution in [2.24, 2.45) is 11.8 Å². The average molecular weight is 181 g/mol. The van der Waals surface area contributed by atoms with Gasteiger partial charge in [-0.1, -0.05) is 13.8 Å². The van der Waals surface area contributed by atoms with Gasteiger partial charge in [0.1, 0.15) is 6.04 Å². The van der Waals surface area contributed by atoms with Crippen LogP contribution in [0.4, 0.5) is 13.2 Å². The van der Waals surface area contributed by atoms with Gasteiger partial charge in [-0.3, -0.25) is 4.90 Å². The van der Waals surface area contributed by atoms with Gasteiger partial charge in [0.15, 0.2) is 0 Å². The van der Waals surface area contributed by atoms with E-state index in [9.17, 15) is 13.2 Å². The van der Waals surface area contributed by atoms with E-state index in [0.29, 0.717) is 6.54 Å². The summed E-state index contributed by atoms with van der Waals surface area (Å²) >= 11 is 0. The van der Waals surface area contributed by atoms with E-state index in [-0.39, 0.29) is 11.8 Å². The molecule has 72 valence electrons. The third kappa shape index (κ3) is 1.58. The first-order valence-electron chi connectivity index (χ1n) is 4.11. The maximum absolute atomic E-state index is 12.3. The topological polar surface area (TPSA) is 3.24 Å². The molecule has 1 rings (SSSR count). The lowest BCUT2D eigenvalue weighted by Gasteiger charge is -2.48. The second-order valence-corrected chi connectivity index (χ2v) is 3.83. The third-order valence-corrected chi connectivity index (χ3v) is 2.57. The van der Waals surface area contributed by atoms with Crippen molar-refractivity contribution >= 4 is 0 Å². The molecule has 0 amide bonds. The van der Waals surface area contributed by atoms with Crippen LogP contribution in [0, 0.1) is 11.8 Å². The standard InChI is InChI=1S/C8H14F3N/c1-5(2)6-4-12(3)7(6)8(9,10)11/h5-7H,4H2,1-3H3/t6-,7?/m0/s1. The minimum atomic E-state index is -4.05. The minimum absolute atomic E-state index is 0.118. The number of rotatable bonds is 1. The first-order chi connectivity index (χ1) is 5.34. The van der Waals surface area contributed by atoms with Crippen LogP contribution in [0.3, 0.4) is 0 Å². The second-order valence-electron chi connectivity index (χ2n) is 3.83. The van der Waals surface area contributed by atoms with Crippen LogP contribution >= 0.6 is 0 Å². The number of alkyl halides is 3. The molecule has 0 aromatic rings. The van der Waals surface area contributed by atoms with Crippen molar-refractivity contribution in [2.75, 3.05) is 13.6 Å². The molecule has 4 heteroatoms. The van der Waals surface area contributed by atoms with Gasteiger partial charge in [0.25, 0.3) is 0 Å². The van der Waals surface area contributed by atoms with Crippen LogP contribution in [-0.4, -0.2) is 30.7 Å². The number of hydrogen-bond acceptors (Lipinski definition) is 1. The van der Waals surface area contributed by atoms with E-state index >= 15 is 0 Å². The molecule has 1 aliphatic heterocycles. The maximum Gasteiger partial charge on any atom is 0.404 e. The Hall–Kier alpha value is -0.250. The molecule has 2 atom stereocenters. The Bertz CT molecular complexity index is 164. The molecule has 1 nitrogen and oxygen atoms in total. The normalized spacial score (nSPS) is 32.2. The molecule has 1 aliphatic rings. The molecule has 0 saturated carbocycles. The molecular formula is C8H14F3N. The Morgan fingerprint density at radius 2 is 1.83 bits per heavy atom. The molecule has 0 spiro atoms. The fourth-order valence-corrected chi connectivity index (χ4v) is 1.80. The maximum atomic E-state index is 12.3. The van der Waals surface area contributed by atoms with Gasteiger partial charge >= 0.3 is 6.18 Å². The predicted molar refractivity (Wildman–Crippen MR) is 40.8 cm³/mol. The molecule has 0 bridgehead atoms. The van der Waals surface area contributed by atoms with E-state index in [1.54, 1.807) is 0 Å². The van der Waals surface area contributed by atoms with E-state index in [4.69, 9.17) is 0 Å². The van der Waals surface area contributed by atoms with Gasteiger partial charge < -0.3 is 0 Å². The molecule has 0 aliphatic carbocycles. The predicted octanol–water partition coefficient (Wildman–Crippen LogP) is 2.13. The summed E-state index contributed by atoms with van der Waals surface area (Å²) in [6.45, 7) is 4.26. The lowest BCUT2D eigenvalue weighted by molar-refractivity contribution is -0.233. The molecule has 0 radical (unpaired) electrons. The van der Waals surface area contributed by atoms with Crippen LogP contribution in [0.5, 0.6) is 0 Å². The highest BCUT2D eigenvalue weighted by Gasteiger charge is 2.54. The summed E-state index contributed by atoms with van der Waals surface area (Å²) < 4.78 is 37.0. The zero-order valence-corrected chi connectivity index (χ0v) is 7.52. The summed E-state index contributed by atoms with van der Waals surface area (Å²) in [5.41, 5.74) is 0. The molecule has 0 aromatic heterocycles. The van der Waals surface area contributed by atoms with Crippen LogP contribution in [-0.2, 0) is 0 Å². The van der Waals surface area contributed by atoms with Crippen molar-refractivity contribution in [2.45, 2.75) is 26.1 Å². The average Bonchev–Trinajstić information content (AvgIpc) is 1.77. The lowest BCUT2D eigenvalue weighted by atomic mass is 9.80. The van der Waals surface area contributed by atoms with E-state index < -0.39 is 12.2 Å². The minimum Gasteiger partial charge on any atom is -0.295 e. The summed E-state index contributed by atoms with van der Waals surface area (Å²) in [6, 6.07) is -1.21. The summed E-state index contributed by atoms with van der Waals surface area (Å²) in [5, 5.41) is 0. The molecule has 0 aromatic carbocycles. The number of halogens is 3. The summed E-state index contributed by atoms with van der Waals surface area (Å²) in [5.74, 6) is -0.0946. The van der Waals surface area contributed by atoms with E-state index in [2.05, 4.69) is 0 Å². The quantitative estimate of drug-likeness (QED) is 0.599. The highest BCUT2D eigenvalue weighted by atomic mass is 19.4. The molecule has 12 heavy (non-hydrogen) atoms. The highest BCUT2D eigenvalue weighted by Crippen LogP contribution is 2.40. The van der Waals surface area contributed by atoms with Crippen LogP contribution in [0.25, 0.3) is 0 Å². The second kappa shape index (κ2) is 2.91. The Balaban J connectivity index is 2.62. The van der Waals surface area contributed by atoms with Gasteiger partial charge in [-0.05, 0) is 18.9 Å². The summed E-state index contributed by atoms with van der Waals surface area (Å²) in [6.07, 6.45) is -4.05. The van der Waals surface area contributed by atoms with Crippen molar-refractivity contribution in [3.63, 3.8) is 0 Å². The van der Waals surface area contributed by atoms with Gasteiger partial charge in [0.05, 0.1) is 0 Å². The van der Waals surface area contributed by atoms with Crippen molar-refractivity contribution in [1.29, 1.82) is 0 Å². The monoisotopic (exact) mass is 181 g/mol. The van der Waals surface area contributed by atoms with Crippen LogP contribution in [0.15, 0.2) is 0 Å². The number of likely N-dealkylation sites (tertiary alicyclic amines) is 1. The van der Waals surface area contributed by atoms with Gasteiger partial charge in [-0.2, -0.15) is 13.2 Å². The third-order valence-electron chi connectivity index (χ3n) is 2.57. The molecular weight excluding hydrogens is 167 g/mol. The Labute approximate surface area is 70.5 Å². The number of hydrogen-bond donors (Lipinski definition) is 0. The smallest absolute Gasteiger partial charge is 0.295 e. The van der Waals surface area contributed by atoms with Gasteiger partial charge in [-0.25, -0.2) is 0 Å². The van der Waals surface area contributed by atoms with Crippen LogP contribution in [0.2, 0.25) is 0 Å². The van der Waals surface area contributed by atoms with Crippen molar-refractivity contribution in [1.82, 2.24) is 4.90 Å². The zero-order chi connectivity index (χ0) is 9.52. The Morgan fingerprint density at radius 1 is 1.33 bits per heavy atom. The SMILES string of the molecule is CC(C)[C@@H]1CN(C)C1C(F)(F)F. The summed E-state index contributed by atoms with van der Waals surface area (Å²) in [4.78, 5) is 1.37. The fraction of sp³-hybridized carbons (Fsp3) is 1.00. The largest absolute Gasteiger partial charge is 0.404 e. The zero-order valence-electron chi connectivity index (χ0n) is 7.52. The Morgan fingerprint density at radius 3 is 2.00 bits per heavy atom. The molecule has 1 heterocycles. The molecule has 1 fully saturated rings. The highest BCUT2D eigenvalue weighted by molar-refractivity contribution is 4.95.